The average molecular weight is 186 g/mol. The Balaban J connectivity index is 3.00. The fourth-order valence-corrected chi connectivity index (χ4v) is 1.09. The van der Waals surface area contributed by atoms with Crippen LogP contribution >= 0.6 is 0 Å². The Bertz CT molecular complexity index is 309. The zero-order valence-corrected chi connectivity index (χ0v) is 7.33. The van der Waals surface area contributed by atoms with E-state index in [-0.39, 0.29) is 24.8 Å². The Morgan fingerprint density at radius 2 is 2.46 bits per heavy atom. The minimum absolute atomic E-state index is 0.0991. The highest BCUT2D eigenvalue weighted by atomic mass is 19.1. The number of carbonyl (C=O) groups is 1. The number of ketones is 1. The number of halogens is 1. The lowest BCUT2D eigenvalue weighted by Gasteiger charge is -1.99. The highest BCUT2D eigenvalue weighted by Crippen LogP contribution is 2.04. The summed E-state index contributed by atoms with van der Waals surface area (Å²) in [5.41, 5.74) is 0.388. The van der Waals surface area contributed by atoms with Crippen molar-refractivity contribution in [2.75, 3.05) is 6.67 Å². The normalized spacial score (nSPS) is 10.4. The molecule has 0 aliphatic rings. The van der Waals surface area contributed by atoms with Crippen LogP contribution in [0.1, 0.15) is 23.2 Å². The van der Waals surface area contributed by atoms with E-state index in [1.165, 1.54) is 17.7 Å². The molecule has 0 aromatic carbocycles. The molecule has 72 valence electrons. The van der Waals surface area contributed by atoms with E-state index < -0.39 is 6.67 Å². The van der Waals surface area contributed by atoms with E-state index >= 15 is 0 Å². The third-order valence-corrected chi connectivity index (χ3v) is 1.63. The predicted molar refractivity (Wildman–Crippen MR) is 44.1 cm³/mol. The molecule has 0 saturated heterocycles. The number of nitrogens with zero attached hydrogens (tertiary/aromatic N) is 2. The number of hydrogen-bond acceptors (Lipinski definition) is 3. The molecule has 1 aromatic rings. The standard InChI is InChI=1S/C8H11FN2O2/c1-6(13)8-10-7(5-12)4-11(8)3-2-9/h4,12H,2-3,5H2,1H3. The highest BCUT2D eigenvalue weighted by Gasteiger charge is 2.10. The maximum atomic E-state index is 12.0. The molecule has 1 rings (SSSR count). The molecule has 5 heteroatoms. The van der Waals surface area contributed by atoms with Crippen molar-refractivity contribution in [1.29, 1.82) is 0 Å². The van der Waals surface area contributed by atoms with E-state index in [0.29, 0.717) is 5.69 Å². The van der Waals surface area contributed by atoms with Crippen molar-refractivity contribution in [3.63, 3.8) is 0 Å². The first-order chi connectivity index (χ1) is 6.19. The van der Waals surface area contributed by atoms with Gasteiger partial charge in [0.2, 0.25) is 0 Å². The van der Waals surface area contributed by atoms with Crippen molar-refractivity contribution < 1.29 is 14.3 Å². The fraction of sp³-hybridized carbons (Fsp3) is 0.500. The van der Waals surface area contributed by atoms with E-state index in [0.717, 1.165) is 0 Å². The van der Waals surface area contributed by atoms with E-state index in [2.05, 4.69) is 4.98 Å². The molecular weight excluding hydrogens is 175 g/mol. The summed E-state index contributed by atoms with van der Waals surface area (Å²) in [6.07, 6.45) is 1.48. The van der Waals surface area contributed by atoms with Crippen LogP contribution in [0.3, 0.4) is 0 Å². The van der Waals surface area contributed by atoms with Gasteiger partial charge in [0.05, 0.1) is 18.8 Å². The molecule has 4 nitrogen and oxygen atoms in total. The summed E-state index contributed by atoms with van der Waals surface area (Å²) in [4.78, 5) is 14.8. The van der Waals surface area contributed by atoms with Crippen LogP contribution in [0.15, 0.2) is 6.20 Å². The number of alkyl halides is 1. The second-order valence-corrected chi connectivity index (χ2v) is 2.65. The number of aromatic nitrogens is 2. The minimum Gasteiger partial charge on any atom is -0.390 e. The second-order valence-electron chi connectivity index (χ2n) is 2.65. The summed E-state index contributed by atoms with van der Waals surface area (Å²) in [7, 11) is 0. The summed E-state index contributed by atoms with van der Waals surface area (Å²) in [5, 5.41) is 8.74. The number of aliphatic hydroxyl groups is 1. The Labute approximate surface area is 75.0 Å². The van der Waals surface area contributed by atoms with Gasteiger partial charge in [0, 0.05) is 13.1 Å². The van der Waals surface area contributed by atoms with Crippen LogP contribution in [0.25, 0.3) is 0 Å². The van der Waals surface area contributed by atoms with Gasteiger partial charge in [-0.15, -0.1) is 0 Å². The van der Waals surface area contributed by atoms with Crippen LogP contribution in [0.2, 0.25) is 0 Å². The molecule has 0 atom stereocenters. The van der Waals surface area contributed by atoms with Gasteiger partial charge in [-0.05, 0) is 0 Å². The van der Waals surface area contributed by atoms with Gasteiger partial charge >= 0.3 is 0 Å². The maximum Gasteiger partial charge on any atom is 0.195 e. The van der Waals surface area contributed by atoms with Crippen molar-refractivity contribution in [2.45, 2.75) is 20.1 Å². The molecule has 0 amide bonds. The van der Waals surface area contributed by atoms with Crippen LogP contribution in [-0.4, -0.2) is 27.1 Å². The zero-order chi connectivity index (χ0) is 9.84. The summed E-state index contributed by atoms with van der Waals surface area (Å²) in [6, 6.07) is 0. The number of aliphatic hydroxyl groups excluding tert-OH is 1. The minimum atomic E-state index is -0.554. The Morgan fingerprint density at radius 3 is 2.92 bits per heavy atom. The number of carbonyl (C=O) groups excluding carboxylic acids is 1. The molecule has 1 N–H and O–H groups in total. The number of hydrogen-bond donors (Lipinski definition) is 1. The Kier molecular flexibility index (Phi) is 3.13. The number of aryl methyl sites for hydroxylation is 1. The van der Waals surface area contributed by atoms with Crippen LogP contribution in [0, 0.1) is 0 Å². The molecule has 0 aliphatic carbocycles. The van der Waals surface area contributed by atoms with E-state index in [1.807, 2.05) is 0 Å². The molecule has 13 heavy (non-hydrogen) atoms. The van der Waals surface area contributed by atoms with Gasteiger partial charge in [-0.2, -0.15) is 0 Å². The van der Waals surface area contributed by atoms with Gasteiger partial charge < -0.3 is 9.67 Å². The van der Waals surface area contributed by atoms with Crippen LogP contribution in [0.4, 0.5) is 4.39 Å². The van der Waals surface area contributed by atoms with Gasteiger partial charge in [-0.3, -0.25) is 4.79 Å². The molecule has 0 aliphatic heterocycles. The predicted octanol–water partition coefficient (Wildman–Crippen LogP) is 0.547. The molecule has 0 radical (unpaired) electrons. The van der Waals surface area contributed by atoms with Crippen molar-refractivity contribution in [3.05, 3.63) is 17.7 Å². The smallest absolute Gasteiger partial charge is 0.195 e. The number of rotatable bonds is 4. The number of imidazole rings is 1. The third-order valence-electron chi connectivity index (χ3n) is 1.63. The van der Waals surface area contributed by atoms with Gasteiger partial charge in [-0.1, -0.05) is 0 Å². The molecule has 0 spiro atoms. The third kappa shape index (κ3) is 2.12. The average Bonchev–Trinajstić information content (AvgIpc) is 2.48. The van der Waals surface area contributed by atoms with E-state index in [9.17, 15) is 9.18 Å². The lowest BCUT2D eigenvalue weighted by molar-refractivity contribution is 0.0999. The van der Waals surface area contributed by atoms with Crippen molar-refractivity contribution in [1.82, 2.24) is 9.55 Å². The maximum absolute atomic E-state index is 12.0. The van der Waals surface area contributed by atoms with Gasteiger partial charge in [0.15, 0.2) is 11.6 Å². The summed E-state index contributed by atoms with van der Waals surface area (Å²) >= 11 is 0. The van der Waals surface area contributed by atoms with E-state index in [4.69, 9.17) is 5.11 Å². The fourth-order valence-electron chi connectivity index (χ4n) is 1.09. The molecular formula is C8H11FN2O2. The van der Waals surface area contributed by atoms with Crippen molar-refractivity contribution in [2.24, 2.45) is 0 Å². The van der Waals surface area contributed by atoms with Gasteiger partial charge in [-0.25, -0.2) is 9.37 Å². The zero-order valence-electron chi connectivity index (χ0n) is 7.33. The monoisotopic (exact) mass is 186 g/mol. The first-order valence-corrected chi connectivity index (χ1v) is 3.93. The lowest BCUT2D eigenvalue weighted by Crippen LogP contribution is -2.08. The van der Waals surface area contributed by atoms with Crippen molar-refractivity contribution >= 4 is 5.78 Å². The number of Topliss-reactive ketones (excluding diaryl/α,β-unsaturated/α-hetero) is 1. The summed E-state index contributed by atoms with van der Waals surface area (Å²) in [6.45, 7) is 0.668. The largest absolute Gasteiger partial charge is 0.390 e. The molecule has 0 saturated carbocycles. The van der Waals surface area contributed by atoms with Crippen LogP contribution in [0.5, 0.6) is 0 Å². The SMILES string of the molecule is CC(=O)c1nc(CO)cn1CCF. The Hall–Kier alpha value is -1.23. The van der Waals surface area contributed by atoms with Crippen molar-refractivity contribution in [3.8, 4) is 0 Å². The van der Waals surface area contributed by atoms with Gasteiger partial charge in [0.1, 0.15) is 6.67 Å². The lowest BCUT2D eigenvalue weighted by atomic mass is 10.4. The molecule has 0 unspecified atom stereocenters. The molecule has 1 heterocycles. The Morgan fingerprint density at radius 1 is 1.77 bits per heavy atom. The highest BCUT2D eigenvalue weighted by molar-refractivity contribution is 5.90. The molecule has 1 aromatic heterocycles. The summed E-state index contributed by atoms with van der Waals surface area (Å²) in [5.74, 6) is -0.0325. The van der Waals surface area contributed by atoms with Crippen LogP contribution < -0.4 is 0 Å². The first-order valence-electron chi connectivity index (χ1n) is 3.93. The quantitative estimate of drug-likeness (QED) is 0.698. The topological polar surface area (TPSA) is 55.1 Å². The molecule has 0 bridgehead atoms. The summed E-state index contributed by atoms with van der Waals surface area (Å²) < 4.78 is 13.4. The van der Waals surface area contributed by atoms with Gasteiger partial charge in [0.25, 0.3) is 0 Å². The second kappa shape index (κ2) is 4.13. The molecule has 0 fully saturated rings. The van der Waals surface area contributed by atoms with Crippen LogP contribution in [-0.2, 0) is 13.2 Å². The van der Waals surface area contributed by atoms with E-state index in [1.54, 1.807) is 0 Å². The first kappa shape index (κ1) is 9.85.